The van der Waals surface area contributed by atoms with Gasteiger partial charge in [0.15, 0.2) is 6.29 Å². The number of amides is 1. The van der Waals surface area contributed by atoms with Crippen molar-refractivity contribution in [2.75, 3.05) is 13.2 Å². The van der Waals surface area contributed by atoms with Gasteiger partial charge in [-0.25, -0.2) is 0 Å². The molecule has 0 aliphatic carbocycles. The summed E-state index contributed by atoms with van der Waals surface area (Å²) in [6.07, 6.45) is -12.0. The van der Waals surface area contributed by atoms with E-state index >= 15 is 0 Å². The number of carbonyl (C=O) groups is 1. The summed E-state index contributed by atoms with van der Waals surface area (Å²) < 4.78 is 10.5. The van der Waals surface area contributed by atoms with Crippen LogP contribution in [0.4, 0.5) is 0 Å². The summed E-state index contributed by atoms with van der Waals surface area (Å²) in [6.45, 7) is 7.56. The Morgan fingerprint density at radius 1 is 1.14 bits per heavy atom. The molecule has 0 aromatic rings. The maximum Gasteiger partial charge on any atom is 0.249 e. The van der Waals surface area contributed by atoms with Crippen LogP contribution in [0.3, 0.4) is 0 Å². The monoisotopic (exact) mass is 409 g/mol. The minimum absolute atomic E-state index is 0.0347. The highest BCUT2D eigenvalue weighted by Crippen LogP contribution is 2.22. The van der Waals surface area contributed by atoms with Crippen LogP contribution in [0.15, 0.2) is 0 Å². The molecule has 1 amide bonds. The van der Waals surface area contributed by atoms with Crippen LogP contribution >= 0.6 is 0 Å². The Bertz CT molecular complexity index is 475. The van der Waals surface area contributed by atoms with Crippen LogP contribution in [0.5, 0.6) is 0 Å². The molecular formula is C17H31NO10. The third kappa shape index (κ3) is 6.87. The van der Waals surface area contributed by atoms with Gasteiger partial charge in [-0.2, -0.15) is 0 Å². The lowest BCUT2D eigenvalue weighted by atomic mass is 9.97. The average molecular weight is 409 g/mol. The second-order valence-corrected chi connectivity index (χ2v) is 7.28. The molecule has 1 aliphatic heterocycles. The van der Waals surface area contributed by atoms with Crippen LogP contribution in [0.1, 0.15) is 20.3 Å². The van der Waals surface area contributed by atoms with Gasteiger partial charge in [0, 0.05) is 6.92 Å². The van der Waals surface area contributed by atoms with Crippen molar-refractivity contribution in [3.63, 3.8) is 0 Å². The first kappa shape index (κ1) is 25.1. The number of aliphatic hydroxyl groups excluding tert-OH is 7. The zero-order chi connectivity index (χ0) is 21.6. The quantitative estimate of drug-likeness (QED) is 0.177. The van der Waals surface area contributed by atoms with Crippen LogP contribution < -0.4 is 5.32 Å². The fourth-order valence-corrected chi connectivity index (χ4v) is 2.79. The summed E-state index contributed by atoms with van der Waals surface area (Å²) in [4.78, 5) is 11.7. The molecule has 0 saturated carbocycles. The van der Waals surface area contributed by atoms with Gasteiger partial charge in [-0.3, -0.25) is 4.79 Å². The van der Waals surface area contributed by atoms with Crippen LogP contribution in [0, 0.1) is 12.8 Å². The van der Waals surface area contributed by atoms with E-state index in [2.05, 4.69) is 5.32 Å². The van der Waals surface area contributed by atoms with E-state index in [1.54, 1.807) is 0 Å². The van der Waals surface area contributed by atoms with Gasteiger partial charge < -0.3 is 50.5 Å². The lowest BCUT2D eigenvalue weighted by Crippen LogP contribution is -2.60. The van der Waals surface area contributed by atoms with Crippen molar-refractivity contribution in [2.24, 2.45) is 5.92 Å². The molecule has 8 N–H and O–H groups in total. The fraction of sp³-hybridized carbons (Fsp3) is 0.882. The maximum atomic E-state index is 11.7. The van der Waals surface area contributed by atoms with Gasteiger partial charge in [-0.1, -0.05) is 13.8 Å². The van der Waals surface area contributed by atoms with Crippen molar-refractivity contribution in [1.29, 1.82) is 0 Å². The minimum atomic E-state index is -1.87. The number of hydrogen-bond donors (Lipinski definition) is 8. The fourth-order valence-electron chi connectivity index (χ4n) is 2.79. The summed E-state index contributed by atoms with van der Waals surface area (Å²) in [5.41, 5.74) is 0. The van der Waals surface area contributed by atoms with Gasteiger partial charge in [0.25, 0.3) is 0 Å². The van der Waals surface area contributed by atoms with Gasteiger partial charge in [-0.05, 0) is 12.3 Å². The molecule has 11 heteroatoms. The minimum Gasteiger partial charge on any atom is -0.394 e. The molecule has 1 aliphatic rings. The van der Waals surface area contributed by atoms with Crippen LogP contribution in [0.25, 0.3) is 0 Å². The molecule has 164 valence electrons. The molecule has 1 fully saturated rings. The van der Waals surface area contributed by atoms with E-state index in [9.17, 15) is 35.4 Å². The predicted molar refractivity (Wildman–Crippen MR) is 93.4 cm³/mol. The second-order valence-electron chi connectivity index (χ2n) is 7.28. The number of aliphatic hydroxyl groups is 7. The molecule has 0 aromatic heterocycles. The van der Waals surface area contributed by atoms with Gasteiger partial charge in [0.05, 0.1) is 25.4 Å². The summed E-state index contributed by atoms with van der Waals surface area (Å²) in [6, 6.07) is -1.24. The first-order valence-corrected chi connectivity index (χ1v) is 9.01. The highest BCUT2D eigenvalue weighted by molar-refractivity contribution is 5.81. The Morgan fingerprint density at radius 3 is 2.25 bits per heavy atom. The van der Waals surface area contributed by atoms with Gasteiger partial charge >= 0.3 is 0 Å². The smallest absolute Gasteiger partial charge is 0.249 e. The highest BCUT2D eigenvalue weighted by Gasteiger charge is 2.44. The number of ether oxygens (including phenoxy) is 2. The third-order valence-corrected chi connectivity index (χ3v) is 4.40. The molecule has 0 bridgehead atoms. The van der Waals surface area contributed by atoms with Gasteiger partial charge in [0.2, 0.25) is 5.91 Å². The van der Waals surface area contributed by atoms with E-state index in [-0.39, 0.29) is 12.3 Å². The van der Waals surface area contributed by atoms with Crippen molar-refractivity contribution in [2.45, 2.75) is 75.3 Å². The predicted octanol–water partition coefficient (Wildman–Crippen LogP) is -3.87. The Hall–Kier alpha value is -0.890. The first-order valence-electron chi connectivity index (χ1n) is 9.01. The molecule has 9 atom stereocenters. The van der Waals surface area contributed by atoms with Gasteiger partial charge in [-0.15, -0.1) is 0 Å². The Morgan fingerprint density at radius 2 is 1.75 bits per heavy atom. The van der Waals surface area contributed by atoms with Crippen molar-refractivity contribution in [3.05, 3.63) is 6.92 Å². The Labute approximate surface area is 163 Å². The number of hydrogen-bond acceptors (Lipinski definition) is 10. The highest BCUT2D eigenvalue weighted by atomic mass is 16.7. The Balaban J connectivity index is 2.83. The number of nitrogens with one attached hydrogen (secondary N) is 1. The molecule has 1 heterocycles. The molecule has 11 nitrogen and oxygen atoms in total. The topological polar surface area (TPSA) is 189 Å². The second kappa shape index (κ2) is 11.3. The van der Waals surface area contributed by atoms with E-state index in [1.807, 2.05) is 13.8 Å². The van der Waals surface area contributed by atoms with Crippen molar-refractivity contribution in [3.8, 4) is 0 Å². The largest absolute Gasteiger partial charge is 0.394 e. The van der Waals surface area contributed by atoms with Crippen LogP contribution in [-0.2, 0) is 14.3 Å². The van der Waals surface area contributed by atoms with Crippen molar-refractivity contribution in [1.82, 2.24) is 5.32 Å². The van der Waals surface area contributed by atoms with E-state index in [0.29, 0.717) is 0 Å². The summed E-state index contributed by atoms with van der Waals surface area (Å²) in [5, 5.41) is 70.5. The lowest BCUT2D eigenvalue weighted by molar-refractivity contribution is -0.303. The maximum absolute atomic E-state index is 11.7. The molecule has 28 heavy (non-hydrogen) atoms. The zero-order valence-corrected chi connectivity index (χ0v) is 15.8. The zero-order valence-electron chi connectivity index (χ0n) is 15.8. The summed E-state index contributed by atoms with van der Waals surface area (Å²) >= 11 is 0. The van der Waals surface area contributed by atoms with Crippen LogP contribution in [0.2, 0.25) is 0 Å². The lowest BCUT2D eigenvalue weighted by Gasteiger charge is -2.40. The van der Waals surface area contributed by atoms with E-state index in [0.717, 1.165) is 0 Å². The van der Waals surface area contributed by atoms with Gasteiger partial charge in [0.1, 0.15) is 36.6 Å². The molecule has 2 unspecified atom stereocenters. The number of rotatable bonds is 10. The SMILES string of the molecule is [CH][C@@H](O)C(=O)N[C@@H](CO[C@@H]1OC(CO)[C@H](O)[C@H](O)C1O)[C@H](O)[C@H](O)CC(C)C. The normalized spacial score (nSPS) is 32.6. The molecule has 2 radical (unpaired) electrons. The third-order valence-electron chi connectivity index (χ3n) is 4.40. The standard InChI is InChI=1S/C17H31NO10/c1-7(2)4-10(21)12(22)9(18-16(26)8(3)20)6-27-17-15(25)14(24)13(23)11(5-19)28-17/h3,7-15,17,19-25H,4-6H2,1-2H3,(H,18,26)/t8-,9+,10-,11?,12+,13+,14+,15?,17-/m1/s1. The van der Waals surface area contributed by atoms with E-state index < -0.39 is 74.2 Å². The average Bonchev–Trinajstić information content (AvgIpc) is 2.63. The molecule has 0 aromatic carbocycles. The molecule has 0 spiro atoms. The Kier molecular flexibility index (Phi) is 10.2. The first-order chi connectivity index (χ1) is 13.0. The molecular weight excluding hydrogens is 378 g/mol. The number of carbonyl (C=O) groups excluding carboxylic acids is 1. The molecule has 1 saturated heterocycles. The van der Waals surface area contributed by atoms with E-state index in [1.165, 1.54) is 0 Å². The van der Waals surface area contributed by atoms with Crippen molar-refractivity contribution >= 4 is 5.91 Å². The van der Waals surface area contributed by atoms with Crippen LogP contribution in [-0.4, -0.2) is 110 Å². The summed E-state index contributed by atoms with van der Waals surface area (Å²) in [7, 11) is 0. The molecule has 1 rings (SSSR count). The van der Waals surface area contributed by atoms with E-state index in [4.69, 9.17) is 21.5 Å². The summed E-state index contributed by atoms with van der Waals surface area (Å²) in [5.74, 6) is -0.995. The van der Waals surface area contributed by atoms with Crippen molar-refractivity contribution < 1.29 is 50.0 Å².